The monoisotopic (exact) mass is 253 g/mol. The van der Waals surface area contributed by atoms with Crippen molar-refractivity contribution in [3.8, 4) is 0 Å². The number of likely N-dealkylation sites (tertiary alicyclic amines) is 1. The molecule has 0 bridgehead atoms. The van der Waals surface area contributed by atoms with Crippen molar-refractivity contribution in [2.45, 2.75) is 51.7 Å². The number of hydrogen-bond donors (Lipinski definition) is 1. The molecule has 0 radical (unpaired) electrons. The average molecular weight is 253 g/mol. The minimum atomic E-state index is 0.776. The summed E-state index contributed by atoms with van der Waals surface area (Å²) in [7, 11) is 1.97. The first-order valence-electron chi connectivity index (χ1n) is 6.65. The molecule has 2 heterocycles. The second-order valence-electron chi connectivity index (χ2n) is 4.79. The number of nitrogens with one attached hydrogen (secondary N) is 1. The van der Waals surface area contributed by atoms with E-state index >= 15 is 0 Å². The molecule has 2 rings (SSSR count). The van der Waals surface area contributed by atoms with Gasteiger partial charge in [0.25, 0.3) is 0 Å². The van der Waals surface area contributed by atoms with Crippen LogP contribution in [0, 0.1) is 0 Å². The Hall–Kier alpha value is -0.450. The van der Waals surface area contributed by atoms with Gasteiger partial charge in [0.1, 0.15) is 5.01 Å². The van der Waals surface area contributed by atoms with E-state index in [1.165, 1.54) is 42.9 Å². The molecule has 1 atom stereocenters. The fourth-order valence-electron chi connectivity index (χ4n) is 2.59. The Balaban J connectivity index is 1.93. The molecule has 1 N–H and O–H groups in total. The van der Waals surface area contributed by atoms with Gasteiger partial charge in [0.15, 0.2) is 0 Å². The van der Waals surface area contributed by atoms with Crippen LogP contribution in [0.3, 0.4) is 0 Å². The van der Waals surface area contributed by atoms with Crippen LogP contribution >= 0.6 is 11.3 Å². The predicted octanol–water partition coefficient (Wildman–Crippen LogP) is 2.63. The highest BCUT2D eigenvalue weighted by atomic mass is 32.1. The minimum absolute atomic E-state index is 0.776. The Bertz CT molecular complexity index is 337. The molecule has 0 aromatic carbocycles. The molecule has 1 aliphatic rings. The van der Waals surface area contributed by atoms with Gasteiger partial charge in [-0.15, -0.1) is 11.3 Å². The van der Waals surface area contributed by atoms with Crippen molar-refractivity contribution < 1.29 is 0 Å². The van der Waals surface area contributed by atoms with Crippen LogP contribution < -0.4 is 5.32 Å². The molecular weight excluding hydrogens is 230 g/mol. The van der Waals surface area contributed by atoms with Crippen molar-refractivity contribution in [1.29, 1.82) is 0 Å². The van der Waals surface area contributed by atoms with Gasteiger partial charge in [-0.05, 0) is 32.9 Å². The smallest absolute Gasteiger partial charge is 0.107 e. The highest BCUT2D eigenvalue weighted by Gasteiger charge is 2.21. The van der Waals surface area contributed by atoms with Crippen LogP contribution in [0.1, 0.15) is 43.3 Å². The molecule has 0 aliphatic carbocycles. The maximum absolute atomic E-state index is 4.68. The van der Waals surface area contributed by atoms with Crippen molar-refractivity contribution in [2.24, 2.45) is 0 Å². The molecule has 1 aliphatic heterocycles. The third-order valence-corrected chi connectivity index (χ3v) is 4.41. The van der Waals surface area contributed by atoms with Gasteiger partial charge in [0, 0.05) is 24.5 Å². The van der Waals surface area contributed by atoms with E-state index in [0.29, 0.717) is 0 Å². The quantitative estimate of drug-likeness (QED) is 0.874. The van der Waals surface area contributed by atoms with E-state index in [9.17, 15) is 0 Å². The van der Waals surface area contributed by atoms with Gasteiger partial charge >= 0.3 is 0 Å². The normalized spacial score (nSPS) is 21.9. The predicted molar refractivity (Wildman–Crippen MR) is 73.2 cm³/mol. The summed E-state index contributed by atoms with van der Waals surface area (Å²) >= 11 is 1.77. The molecule has 17 heavy (non-hydrogen) atoms. The number of thiazole rings is 1. The summed E-state index contributed by atoms with van der Waals surface area (Å²) in [4.78, 5) is 7.29. The van der Waals surface area contributed by atoms with Crippen molar-refractivity contribution in [3.05, 3.63) is 16.1 Å². The SMILES string of the molecule is CCC1CCCCN1Cc1csc(CNC)n1. The number of aromatic nitrogens is 1. The lowest BCUT2D eigenvalue weighted by Crippen LogP contribution is -2.38. The Morgan fingerprint density at radius 3 is 3.18 bits per heavy atom. The lowest BCUT2D eigenvalue weighted by atomic mass is 10.00. The molecular formula is C13H23N3S. The zero-order chi connectivity index (χ0) is 12.1. The fraction of sp³-hybridized carbons (Fsp3) is 0.769. The molecule has 0 spiro atoms. The molecule has 1 aromatic heterocycles. The van der Waals surface area contributed by atoms with E-state index in [4.69, 9.17) is 0 Å². The number of piperidine rings is 1. The number of nitrogens with zero attached hydrogens (tertiary/aromatic N) is 2. The van der Waals surface area contributed by atoms with Gasteiger partial charge in [0.2, 0.25) is 0 Å². The Morgan fingerprint density at radius 2 is 2.41 bits per heavy atom. The number of rotatable bonds is 5. The molecule has 4 heteroatoms. The minimum Gasteiger partial charge on any atom is -0.314 e. The molecule has 96 valence electrons. The second kappa shape index (κ2) is 6.47. The van der Waals surface area contributed by atoms with Crippen molar-refractivity contribution in [1.82, 2.24) is 15.2 Å². The highest BCUT2D eigenvalue weighted by molar-refractivity contribution is 7.09. The summed E-state index contributed by atoms with van der Waals surface area (Å²) in [5.74, 6) is 0. The van der Waals surface area contributed by atoms with Gasteiger partial charge in [-0.3, -0.25) is 4.90 Å². The first-order valence-corrected chi connectivity index (χ1v) is 7.53. The van der Waals surface area contributed by atoms with Gasteiger partial charge in [-0.2, -0.15) is 0 Å². The molecule has 1 saturated heterocycles. The molecule has 0 saturated carbocycles. The van der Waals surface area contributed by atoms with Gasteiger partial charge in [-0.25, -0.2) is 4.98 Å². The summed E-state index contributed by atoms with van der Waals surface area (Å²) in [5.41, 5.74) is 1.25. The largest absolute Gasteiger partial charge is 0.314 e. The molecule has 1 unspecified atom stereocenters. The first-order chi connectivity index (χ1) is 8.33. The van der Waals surface area contributed by atoms with Crippen molar-refractivity contribution in [2.75, 3.05) is 13.6 Å². The Kier molecular flexibility index (Phi) is 4.95. The third-order valence-electron chi connectivity index (χ3n) is 3.51. The van der Waals surface area contributed by atoms with Crippen LogP contribution in [0.4, 0.5) is 0 Å². The number of hydrogen-bond acceptors (Lipinski definition) is 4. The topological polar surface area (TPSA) is 28.2 Å². The maximum atomic E-state index is 4.68. The van der Waals surface area contributed by atoms with E-state index in [1.807, 2.05) is 7.05 Å². The highest BCUT2D eigenvalue weighted by Crippen LogP contribution is 2.22. The van der Waals surface area contributed by atoms with Crippen LogP contribution in [-0.2, 0) is 13.1 Å². The van der Waals surface area contributed by atoms with Crippen LogP contribution in [0.5, 0.6) is 0 Å². The fourth-order valence-corrected chi connectivity index (χ4v) is 3.39. The average Bonchev–Trinajstić information content (AvgIpc) is 2.78. The lowest BCUT2D eigenvalue weighted by Gasteiger charge is -2.34. The van der Waals surface area contributed by atoms with Crippen molar-refractivity contribution >= 4 is 11.3 Å². The van der Waals surface area contributed by atoms with E-state index < -0.39 is 0 Å². The van der Waals surface area contributed by atoms with E-state index in [1.54, 1.807) is 11.3 Å². The summed E-state index contributed by atoms with van der Waals surface area (Å²) < 4.78 is 0. The van der Waals surface area contributed by atoms with Crippen LogP contribution in [-0.4, -0.2) is 29.5 Å². The summed E-state index contributed by atoms with van der Waals surface area (Å²) in [6.07, 6.45) is 5.39. The Morgan fingerprint density at radius 1 is 1.53 bits per heavy atom. The van der Waals surface area contributed by atoms with E-state index in [2.05, 4.69) is 27.5 Å². The van der Waals surface area contributed by atoms with Gasteiger partial charge in [-0.1, -0.05) is 13.3 Å². The van der Waals surface area contributed by atoms with Crippen molar-refractivity contribution in [3.63, 3.8) is 0 Å². The van der Waals surface area contributed by atoms with Gasteiger partial charge in [0.05, 0.1) is 5.69 Å². The molecule has 3 nitrogen and oxygen atoms in total. The third kappa shape index (κ3) is 3.50. The van der Waals surface area contributed by atoms with Crippen LogP contribution in [0.15, 0.2) is 5.38 Å². The summed E-state index contributed by atoms with van der Waals surface area (Å²) in [6.45, 7) is 5.48. The summed E-state index contributed by atoms with van der Waals surface area (Å²) in [5, 5.41) is 6.57. The molecule has 1 aromatic rings. The van der Waals surface area contributed by atoms with Gasteiger partial charge < -0.3 is 5.32 Å². The molecule has 0 amide bonds. The Labute approximate surface area is 108 Å². The standard InChI is InChI=1S/C13H23N3S/c1-3-12-6-4-5-7-16(12)9-11-10-17-13(15-11)8-14-2/h10,12,14H,3-9H2,1-2H3. The van der Waals surface area contributed by atoms with E-state index in [-0.39, 0.29) is 0 Å². The molecule has 1 fully saturated rings. The van der Waals surface area contributed by atoms with Crippen LogP contribution in [0.25, 0.3) is 0 Å². The first kappa shape index (κ1) is 13.0. The van der Waals surface area contributed by atoms with E-state index in [0.717, 1.165) is 19.1 Å². The maximum Gasteiger partial charge on any atom is 0.107 e. The zero-order valence-corrected chi connectivity index (χ0v) is 11.7. The summed E-state index contributed by atoms with van der Waals surface area (Å²) in [6, 6.07) is 0.776. The zero-order valence-electron chi connectivity index (χ0n) is 10.9. The second-order valence-corrected chi connectivity index (χ2v) is 5.73. The lowest BCUT2D eigenvalue weighted by molar-refractivity contribution is 0.134. The van der Waals surface area contributed by atoms with Crippen LogP contribution in [0.2, 0.25) is 0 Å².